The minimum Gasteiger partial charge on any atom is -0.497 e. The van der Waals surface area contributed by atoms with Gasteiger partial charge in [0.25, 0.3) is 5.91 Å². The van der Waals surface area contributed by atoms with Crippen molar-refractivity contribution in [2.45, 2.75) is 20.8 Å². The molecule has 6 nitrogen and oxygen atoms in total. The van der Waals surface area contributed by atoms with E-state index in [1.807, 2.05) is 51.1 Å². The van der Waals surface area contributed by atoms with Crippen LogP contribution in [0.2, 0.25) is 0 Å². The predicted octanol–water partition coefficient (Wildman–Crippen LogP) is 4.94. The molecule has 1 amide bonds. The topological polar surface area (TPSA) is 77.0 Å². The molecule has 0 saturated carbocycles. The fraction of sp³-hybridized carbons (Fsp3) is 0.182. The third kappa shape index (κ3) is 3.82. The van der Waals surface area contributed by atoms with E-state index >= 15 is 0 Å². The van der Waals surface area contributed by atoms with E-state index in [4.69, 9.17) is 4.74 Å². The van der Waals surface area contributed by atoms with Crippen LogP contribution < -0.4 is 10.1 Å². The Labute approximate surface area is 172 Å². The Hall–Kier alpha value is -3.32. The van der Waals surface area contributed by atoms with Gasteiger partial charge in [0.05, 0.1) is 35.2 Å². The van der Waals surface area contributed by atoms with Crippen LogP contribution in [0.3, 0.4) is 0 Å². The average Bonchev–Trinajstić information content (AvgIpc) is 3.08. The number of aromatic nitrogens is 3. The van der Waals surface area contributed by atoms with Crippen molar-refractivity contribution in [2.75, 3.05) is 12.4 Å². The number of methoxy groups -OCH3 is 1. The number of carbonyl (C=O) groups is 1. The monoisotopic (exact) mass is 404 g/mol. The Morgan fingerprint density at radius 2 is 1.62 bits per heavy atom. The average molecular weight is 404 g/mol. The summed E-state index contributed by atoms with van der Waals surface area (Å²) in [4.78, 5) is 27.4. The molecule has 0 spiro atoms. The molecule has 4 aromatic rings. The number of nitrogens with zero attached hydrogens (tertiary/aromatic N) is 3. The number of nitrogens with one attached hydrogen (secondary N) is 1. The van der Waals surface area contributed by atoms with Crippen molar-refractivity contribution >= 4 is 33.4 Å². The number of fused-ring (bicyclic) bond motifs is 1. The van der Waals surface area contributed by atoms with Gasteiger partial charge >= 0.3 is 0 Å². The Bertz CT molecular complexity index is 1220. The summed E-state index contributed by atoms with van der Waals surface area (Å²) < 4.78 is 5.20. The first-order valence-electron chi connectivity index (χ1n) is 9.13. The Morgan fingerprint density at radius 3 is 2.31 bits per heavy atom. The number of hydrogen-bond acceptors (Lipinski definition) is 6. The summed E-state index contributed by atoms with van der Waals surface area (Å²) in [5, 5.41) is 3.46. The smallest absolute Gasteiger partial charge is 0.257 e. The van der Waals surface area contributed by atoms with Crippen molar-refractivity contribution in [3.63, 3.8) is 0 Å². The maximum Gasteiger partial charge on any atom is 0.257 e. The van der Waals surface area contributed by atoms with Gasteiger partial charge in [0, 0.05) is 16.0 Å². The molecule has 2 aromatic heterocycles. The van der Waals surface area contributed by atoms with Crippen LogP contribution in [0.5, 0.6) is 5.75 Å². The lowest BCUT2D eigenvalue weighted by molar-refractivity contribution is 0.102. The highest BCUT2D eigenvalue weighted by atomic mass is 32.1. The fourth-order valence-corrected chi connectivity index (χ4v) is 3.84. The maximum atomic E-state index is 12.7. The molecule has 0 aliphatic carbocycles. The summed E-state index contributed by atoms with van der Waals surface area (Å²) in [6.07, 6.45) is 0. The number of benzene rings is 2. The van der Waals surface area contributed by atoms with Gasteiger partial charge in [-0.2, -0.15) is 0 Å². The number of amides is 1. The van der Waals surface area contributed by atoms with Crippen molar-refractivity contribution in [1.29, 1.82) is 0 Å². The molecule has 0 aliphatic rings. The summed E-state index contributed by atoms with van der Waals surface area (Å²) >= 11 is 1.45. The zero-order valence-electron chi connectivity index (χ0n) is 16.6. The van der Waals surface area contributed by atoms with E-state index in [1.165, 1.54) is 11.3 Å². The molecule has 0 unspecified atom stereocenters. The predicted molar refractivity (Wildman–Crippen MR) is 116 cm³/mol. The van der Waals surface area contributed by atoms with Gasteiger partial charge in [0.2, 0.25) is 0 Å². The second-order valence-corrected chi connectivity index (χ2v) is 7.91. The fourth-order valence-electron chi connectivity index (χ4n) is 3.01. The summed E-state index contributed by atoms with van der Waals surface area (Å²) in [5.74, 6) is 0.571. The molecular weight excluding hydrogens is 384 g/mol. The first kappa shape index (κ1) is 19.0. The number of anilines is 1. The molecule has 7 heteroatoms. The summed E-state index contributed by atoms with van der Waals surface area (Å²) in [6.45, 7) is 5.82. The lowest BCUT2D eigenvalue weighted by atomic mass is 10.1. The van der Waals surface area contributed by atoms with Gasteiger partial charge in [-0.15, -0.1) is 11.3 Å². The Balaban J connectivity index is 1.58. The normalized spacial score (nSPS) is 10.9. The minimum atomic E-state index is -0.220. The molecule has 1 N–H and O–H groups in total. The highest BCUT2D eigenvalue weighted by Gasteiger charge is 2.14. The van der Waals surface area contributed by atoms with Crippen LogP contribution in [0.15, 0.2) is 42.5 Å². The second-order valence-electron chi connectivity index (χ2n) is 6.70. The van der Waals surface area contributed by atoms with Crippen LogP contribution in [0.25, 0.3) is 22.3 Å². The highest BCUT2D eigenvalue weighted by Crippen LogP contribution is 2.31. The SMILES string of the molecule is COc1ccc(-c2nc(NC(=O)c3ccc4nc(C)c(C)nc4c3)sc2C)cc1. The number of aryl methyl sites for hydroxylation is 3. The summed E-state index contributed by atoms with van der Waals surface area (Å²) in [5.41, 5.74) is 5.57. The number of rotatable bonds is 4. The molecule has 0 fully saturated rings. The van der Waals surface area contributed by atoms with E-state index in [0.717, 1.165) is 38.8 Å². The van der Waals surface area contributed by atoms with Gasteiger partial charge in [0.1, 0.15) is 5.75 Å². The number of carbonyl (C=O) groups excluding carboxylic acids is 1. The van der Waals surface area contributed by atoms with E-state index in [0.29, 0.717) is 16.2 Å². The summed E-state index contributed by atoms with van der Waals surface area (Å²) in [7, 11) is 1.64. The van der Waals surface area contributed by atoms with Gasteiger partial charge < -0.3 is 4.74 Å². The lowest BCUT2D eigenvalue weighted by Gasteiger charge is -2.05. The van der Waals surface area contributed by atoms with Crippen molar-refractivity contribution in [2.24, 2.45) is 0 Å². The van der Waals surface area contributed by atoms with Crippen LogP contribution in [-0.2, 0) is 0 Å². The quantitative estimate of drug-likeness (QED) is 0.521. The number of ether oxygens (including phenoxy) is 1. The van der Waals surface area contributed by atoms with Gasteiger partial charge in [-0.25, -0.2) is 15.0 Å². The molecular formula is C22H20N4O2S. The van der Waals surface area contributed by atoms with Gasteiger partial charge in [0.15, 0.2) is 5.13 Å². The molecule has 0 aliphatic heterocycles. The standard InChI is InChI=1S/C22H20N4O2S/c1-12-13(2)24-19-11-16(7-10-18(19)23-12)21(27)26-22-25-20(14(3)29-22)15-5-8-17(28-4)9-6-15/h5-11H,1-4H3,(H,25,26,27). The Morgan fingerprint density at radius 1 is 0.931 bits per heavy atom. The van der Waals surface area contributed by atoms with E-state index < -0.39 is 0 Å². The molecule has 146 valence electrons. The zero-order valence-corrected chi connectivity index (χ0v) is 17.4. The highest BCUT2D eigenvalue weighted by molar-refractivity contribution is 7.16. The Kier molecular flexibility index (Phi) is 4.98. The molecule has 0 atom stereocenters. The molecule has 2 heterocycles. The van der Waals surface area contributed by atoms with Crippen molar-refractivity contribution < 1.29 is 9.53 Å². The van der Waals surface area contributed by atoms with Gasteiger partial charge in [-0.1, -0.05) is 0 Å². The van der Waals surface area contributed by atoms with Crippen molar-refractivity contribution in [1.82, 2.24) is 15.0 Å². The van der Waals surface area contributed by atoms with Crippen LogP contribution >= 0.6 is 11.3 Å². The van der Waals surface area contributed by atoms with Gasteiger partial charge in [-0.3, -0.25) is 10.1 Å². The van der Waals surface area contributed by atoms with Crippen LogP contribution in [-0.4, -0.2) is 28.0 Å². The van der Waals surface area contributed by atoms with E-state index in [1.54, 1.807) is 19.2 Å². The van der Waals surface area contributed by atoms with Crippen LogP contribution in [0, 0.1) is 20.8 Å². The second kappa shape index (κ2) is 7.60. The van der Waals surface area contributed by atoms with Gasteiger partial charge in [-0.05, 0) is 63.2 Å². The first-order chi connectivity index (χ1) is 13.9. The summed E-state index contributed by atoms with van der Waals surface area (Å²) in [6, 6.07) is 13.0. The zero-order chi connectivity index (χ0) is 20.5. The van der Waals surface area contributed by atoms with Crippen molar-refractivity contribution in [3.05, 3.63) is 64.3 Å². The van der Waals surface area contributed by atoms with E-state index in [-0.39, 0.29) is 5.91 Å². The largest absolute Gasteiger partial charge is 0.497 e. The van der Waals surface area contributed by atoms with E-state index in [9.17, 15) is 4.79 Å². The van der Waals surface area contributed by atoms with Crippen molar-refractivity contribution in [3.8, 4) is 17.0 Å². The molecule has 29 heavy (non-hydrogen) atoms. The molecule has 4 rings (SSSR count). The third-order valence-electron chi connectivity index (χ3n) is 4.72. The molecule has 0 bridgehead atoms. The lowest BCUT2D eigenvalue weighted by Crippen LogP contribution is -2.11. The first-order valence-corrected chi connectivity index (χ1v) is 9.94. The molecule has 0 saturated heterocycles. The minimum absolute atomic E-state index is 0.220. The van der Waals surface area contributed by atoms with Crippen LogP contribution in [0.4, 0.5) is 5.13 Å². The number of hydrogen-bond donors (Lipinski definition) is 1. The third-order valence-corrected chi connectivity index (χ3v) is 5.60. The molecule has 0 radical (unpaired) electrons. The maximum absolute atomic E-state index is 12.7. The van der Waals surface area contributed by atoms with Crippen LogP contribution in [0.1, 0.15) is 26.6 Å². The molecule has 2 aromatic carbocycles. The number of thiazole rings is 1. The van der Waals surface area contributed by atoms with E-state index in [2.05, 4.69) is 20.3 Å².